The van der Waals surface area contributed by atoms with Gasteiger partial charge >= 0.3 is 0 Å². The van der Waals surface area contributed by atoms with E-state index in [1.54, 1.807) is 28.8 Å². The Bertz CT molecular complexity index is 823. The maximum Gasteiger partial charge on any atom is 0.280 e. The van der Waals surface area contributed by atoms with Crippen molar-refractivity contribution < 1.29 is 4.79 Å². The minimum atomic E-state index is -0.274. The van der Waals surface area contributed by atoms with Gasteiger partial charge in [0.2, 0.25) is 0 Å². The molecule has 0 aliphatic carbocycles. The lowest BCUT2D eigenvalue weighted by Gasteiger charge is -2.09. The summed E-state index contributed by atoms with van der Waals surface area (Å²) in [4.78, 5) is 27.7. The Kier molecular flexibility index (Phi) is 3.13. The molecule has 98 valence electrons. The largest absolute Gasteiger partial charge is 0.324 e. The molecule has 0 saturated heterocycles. The first-order valence-corrected chi connectivity index (χ1v) is 6.28. The number of fused-ring (bicyclic) bond motifs is 1. The number of rotatable bonds is 3. The fourth-order valence-electron chi connectivity index (χ4n) is 2.15. The van der Waals surface area contributed by atoms with Crippen molar-refractivity contribution in [1.29, 1.82) is 0 Å². The summed E-state index contributed by atoms with van der Waals surface area (Å²) in [6, 6.07) is 16.2. The van der Waals surface area contributed by atoms with Crippen LogP contribution in [0.5, 0.6) is 0 Å². The second-order valence-electron chi connectivity index (χ2n) is 4.48. The van der Waals surface area contributed by atoms with Crippen molar-refractivity contribution in [2.45, 2.75) is 6.54 Å². The molecule has 1 heterocycles. The molecule has 3 rings (SSSR count). The van der Waals surface area contributed by atoms with Crippen LogP contribution in [0.4, 0.5) is 0 Å². The molecule has 20 heavy (non-hydrogen) atoms. The number of benzene rings is 2. The summed E-state index contributed by atoms with van der Waals surface area (Å²) in [5, 5.41) is 0.524. The van der Waals surface area contributed by atoms with Crippen LogP contribution in [0.1, 0.15) is 10.4 Å². The lowest BCUT2D eigenvalue weighted by Crippen LogP contribution is -2.16. The Labute approximate surface area is 115 Å². The highest BCUT2D eigenvalue weighted by Gasteiger charge is 2.09. The molecule has 0 fully saturated rings. The van der Waals surface area contributed by atoms with Crippen molar-refractivity contribution >= 4 is 16.7 Å². The van der Waals surface area contributed by atoms with E-state index in [4.69, 9.17) is 0 Å². The SMILES string of the molecule is O=C(Cn1cnc(=O)c2ccccc21)c1ccccc1. The molecule has 4 heteroatoms. The van der Waals surface area contributed by atoms with Crippen LogP contribution in [-0.2, 0) is 6.54 Å². The first-order valence-electron chi connectivity index (χ1n) is 6.28. The normalized spacial score (nSPS) is 10.6. The molecule has 3 aromatic rings. The molecule has 0 saturated carbocycles. The molecule has 0 bridgehead atoms. The van der Waals surface area contributed by atoms with E-state index in [-0.39, 0.29) is 17.9 Å². The number of nitrogens with zero attached hydrogens (tertiary/aromatic N) is 2. The quantitative estimate of drug-likeness (QED) is 0.682. The predicted molar refractivity (Wildman–Crippen MR) is 76.8 cm³/mol. The molecule has 1 aromatic heterocycles. The minimum absolute atomic E-state index is 0.0128. The standard InChI is InChI=1S/C16H12N2O2/c19-15(12-6-2-1-3-7-12)10-18-11-17-16(20)13-8-4-5-9-14(13)18/h1-9,11H,10H2. The Morgan fingerprint density at radius 2 is 1.70 bits per heavy atom. The van der Waals surface area contributed by atoms with E-state index in [0.29, 0.717) is 10.9 Å². The van der Waals surface area contributed by atoms with Gasteiger partial charge in [-0.05, 0) is 12.1 Å². The van der Waals surface area contributed by atoms with Crippen LogP contribution in [0.25, 0.3) is 10.9 Å². The van der Waals surface area contributed by atoms with Crippen LogP contribution in [0.3, 0.4) is 0 Å². The summed E-state index contributed by atoms with van der Waals surface area (Å²) in [5.41, 5.74) is 1.09. The van der Waals surface area contributed by atoms with Gasteiger partial charge in [0.15, 0.2) is 5.78 Å². The van der Waals surface area contributed by atoms with Gasteiger partial charge < -0.3 is 4.57 Å². The van der Waals surface area contributed by atoms with E-state index in [0.717, 1.165) is 5.52 Å². The third kappa shape index (κ3) is 2.23. The van der Waals surface area contributed by atoms with Crippen LogP contribution in [0.2, 0.25) is 0 Å². The van der Waals surface area contributed by atoms with Crippen molar-refractivity contribution in [3.63, 3.8) is 0 Å². The summed E-state index contributed by atoms with van der Waals surface area (Å²) in [6.07, 6.45) is 1.42. The summed E-state index contributed by atoms with van der Waals surface area (Å²) in [5.74, 6) is -0.0128. The third-order valence-electron chi connectivity index (χ3n) is 3.17. The lowest BCUT2D eigenvalue weighted by atomic mass is 10.1. The first kappa shape index (κ1) is 12.3. The van der Waals surface area contributed by atoms with Crippen molar-refractivity contribution in [2.24, 2.45) is 0 Å². The first-order chi connectivity index (χ1) is 9.75. The van der Waals surface area contributed by atoms with E-state index in [9.17, 15) is 9.59 Å². The van der Waals surface area contributed by atoms with E-state index in [1.165, 1.54) is 6.33 Å². The molecular weight excluding hydrogens is 252 g/mol. The topological polar surface area (TPSA) is 52.0 Å². The van der Waals surface area contributed by atoms with Gasteiger partial charge in [-0.3, -0.25) is 9.59 Å². The summed E-state index contributed by atoms with van der Waals surface area (Å²) >= 11 is 0. The van der Waals surface area contributed by atoms with Crippen LogP contribution < -0.4 is 5.56 Å². The fraction of sp³-hybridized carbons (Fsp3) is 0.0625. The van der Waals surface area contributed by atoms with Crippen LogP contribution in [0.15, 0.2) is 65.7 Å². The summed E-state index contributed by atoms with van der Waals surface area (Å²) in [6.45, 7) is 0.164. The van der Waals surface area contributed by atoms with Gasteiger partial charge in [-0.2, -0.15) is 4.98 Å². The molecule has 0 atom stereocenters. The van der Waals surface area contributed by atoms with Crippen molar-refractivity contribution in [1.82, 2.24) is 9.55 Å². The maximum atomic E-state index is 12.2. The van der Waals surface area contributed by atoms with E-state index in [2.05, 4.69) is 4.98 Å². The maximum absolute atomic E-state index is 12.2. The monoisotopic (exact) mass is 264 g/mol. The molecule has 0 amide bonds. The Morgan fingerprint density at radius 1 is 1.00 bits per heavy atom. The molecule has 4 nitrogen and oxygen atoms in total. The second-order valence-corrected chi connectivity index (χ2v) is 4.48. The van der Waals surface area contributed by atoms with Gasteiger partial charge in [-0.25, -0.2) is 0 Å². The second kappa shape index (κ2) is 5.09. The van der Waals surface area contributed by atoms with E-state index in [1.807, 2.05) is 30.3 Å². The zero-order chi connectivity index (χ0) is 13.9. The highest BCUT2D eigenvalue weighted by Crippen LogP contribution is 2.10. The highest BCUT2D eigenvalue weighted by molar-refractivity contribution is 5.96. The van der Waals surface area contributed by atoms with Gasteiger partial charge in [0, 0.05) is 5.56 Å². The Balaban J connectivity index is 2.02. The highest BCUT2D eigenvalue weighted by atomic mass is 16.1. The number of Topliss-reactive ketones (excluding diaryl/α,β-unsaturated/α-hetero) is 1. The number of ketones is 1. The molecule has 0 aliphatic rings. The third-order valence-corrected chi connectivity index (χ3v) is 3.17. The Hall–Kier alpha value is -2.75. The van der Waals surface area contributed by atoms with Crippen molar-refractivity contribution in [2.75, 3.05) is 0 Å². The molecule has 0 spiro atoms. The lowest BCUT2D eigenvalue weighted by molar-refractivity contribution is 0.0973. The molecule has 0 unspecified atom stereocenters. The Morgan fingerprint density at radius 3 is 2.50 bits per heavy atom. The van der Waals surface area contributed by atoms with Crippen LogP contribution >= 0.6 is 0 Å². The van der Waals surface area contributed by atoms with Gasteiger partial charge in [0.1, 0.15) is 0 Å². The van der Waals surface area contributed by atoms with Crippen LogP contribution in [0, 0.1) is 0 Å². The van der Waals surface area contributed by atoms with E-state index >= 15 is 0 Å². The zero-order valence-corrected chi connectivity index (χ0v) is 10.7. The molecular formula is C16H12N2O2. The smallest absolute Gasteiger partial charge is 0.280 e. The molecule has 0 N–H and O–H groups in total. The number of hydrogen-bond acceptors (Lipinski definition) is 3. The number of hydrogen-bond donors (Lipinski definition) is 0. The molecule has 0 radical (unpaired) electrons. The number of para-hydroxylation sites is 1. The minimum Gasteiger partial charge on any atom is -0.324 e. The average Bonchev–Trinajstić information content (AvgIpc) is 2.51. The summed E-state index contributed by atoms with van der Waals surface area (Å²) in [7, 11) is 0. The predicted octanol–water partition coefficient (Wildman–Crippen LogP) is 2.28. The van der Waals surface area contributed by atoms with Crippen molar-refractivity contribution in [3.8, 4) is 0 Å². The zero-order valence-electron chi connectivity index (χ0n) is 10.7. The fourth-order valence-corrected chi connectivity index (χ4v) is 2.15. The molecule has 2 aromatic carbocycles. The van der Waals surface area contributed by atoms with Gasteiger partial charge in [-0.1, -0.05) is 42.5 Å². The number of carbonyl (C=O) groups is 1. The van der Waals surface area contributed by atoms with Crippen LogP contribution in [-0.4, -0.2) is 15.3 Å². The van der Waals surface area contributed by atoms with E-state index < -0.39 is 0 Å². The van der Waals surface area contributed by atoms with Crippen molar-refractivity contribution in [3.05, 3.63) is 76.8 Å². The van der Waals surface area contributed by atoms with Gasteiger partial charge in [0.25, 0.3) is 5.56 Å². The molecule has 0 aliphatic heterocycles. The number of carbonyl (C=O) groups excluding carboxylic acids is 1. The van der Waals surface area contributed by atoms with Gasteiger partial charge in [-0.15, -0.1) is 0 Å². The number of aromatic nitrogens is 2. The summed E-state index contributed by atoms with van der Waals surface area (Å²) < 4.78 is 1.70. The van der Waals surface area contributed by atoms with Gasteiger partial charge in [0.05, 0.1) is 23.8 Å². The average molecular weight is 264 g/mol.